The standard InChI is InChI=1S/C12H17NO3S/c1-9-2-5-11(16-9)8-17(14,15)12-6-3-10(13)4-7-12/h3-4,6-7,9,11H,2,5,8,13H2,1H3. The lowest BCUT2D eigenvalue weighted by Crippen LogP contribution is -2.21. The number of benzene rings is 1. The van der Waals surface area contributed by atoms with E-state index in [0.717, 1.165) is 12.8 Å². The molecule has 0 spiro atoms. The monoisotopic (exact) mass is 255 g/mol. The topological polar surface area (TPSA) is 69.4 Å². The molecule has 0 bridgehead atoms. The molecule has 0 saturated carbocycles. The van der Waals surface area contributed by atoms with Crippen molar-refractivity contribution >= 4 is 15.5 Å². The Morgan fingerprint density at radius 1 is 1.29 bits per heavy atom. The van der Waals surface area contributed by atoms with Crippen molar-refractivity contribution in [2.24, 2.45) is 0 Å². The van der Waals surface area contributed by atoms with Gasteiger partial charge in [0, 0.05) is 5.69 Å². The molecule has 1 saturated heterocycles. The van der Waals surface area contributed by atoms with Gasteiger partial charge in [-0.3, -0.25) is 0 Å². The molecule has 2 N–H and O–H groups in total. The minimum atomic E-state index is -3.26. The second-order valence-electron chi connectivity index (χ2n) is 4.50. The zero-order valence-corrected chi connectivity index (χ0v) is 10.6. The summed E-state index contributed by atoms with van der Waals surface area (Å²) in [5.41, 5.74) is 6.10. The van der Waals surface area contributed by atoms with Gasteiger partial charge in [-0.25, -0.2) is 8.42 Å². The molecule has 1 aromatic rings. The third kappa shape index (κ3) is 2.98. The molecule has 1 aliphatic rings. The minimum Gasteiger partial charge on any atom is -0.399 e. The summed E-state index contributed by atoms with van der Waals surface area (Å²) >= 11 is 0. The highest BCUT2D eigenvalue weighted by molar-refractivity contribution is 7.91. The molecule has 94 valence electrons. The number of sulfone groups is 1. The van der Waals surface area contributed by atoms with Crippen LogP contribution in [0.25, 0.3) is 0 Å². The first-order valence-electron chi connectivity index (χ1n) is 5.71. The SMILES string of the molecule is CC1CCC(CS(=O)(=O)c2ccc(N)cc2)O1. The van der Waals surface area contributed by atoms with E-state index in [2.05, 4.69) is 0 Å². The number of rotatable bonds is 3. The van der Waals surface area contributed by atoms with Crippen LogP contribution in [0.2, 0.25) is 0 Å². The fourth-order valence-corrected chi connectivity index (χ4v) is 3.50. The van der Waals surface area contributed by atoms with Gasteiger partial charge in [0.1, 0.15) is 0 Å². The molecule has 0 radical (unpaired) electrons. The van der Waals surface area contributed by atoms with Crippen molar-refractivity contribution in [3.63, 3.8) is 0 Å². The Bertz CT molecular complexity index is 481. The molecule has 1 aliphatic heterocycles. The Kier molecular flexibility index (Phi) is 3.40. The average molecular weight is 255 g/mol. The highest BCUT2D eigenvalue weighted by Gasteiger charge is 2.27. The van der Waals surface area contributed by atoms with Gasteiger partial charge in [0.2, 0.25) is 0 Å². The molecule has 1 aromatic carbocycles. The summed E-state index contributed by atoms with van der Waals surface area (Å²) in [5.74, 6) is 0.0568. The Morgan fingerprint density at radius 3 is 2.47 bits per heavy atom. The van der Waals surface area contributed by atoms with Gasteiger partial charge in [-0.1, -0.05) is 0 Å². The fourth-order valence-electron chi connectivity index (χ4n) is 2.02. The van der Waals surface area contributed by atoms with Crippen LogP contribution in [0.5, 0.6) is 0 Å². The van der Waals surface area contributed by atoms with E-state index >= 15 is 0 Å². The maximum atomic E-state index is 12.1. The van der Waals surface area contributed by atoms with Gasteiger partial charge in [0.05, 0.1) is 22.9 Å². The zero-order valence-electron chi connectivity index (χ0n) is 9.80. The molecular formula is C12H17NO3S. The summed E-state index contributed by atoms with van der Waals surface area (Å²) in [6.07, 6.45) is 1.74. The van der Waals surface area contributed by atoms with Crippen LogP contribution in [0.1, 0.15) is 19.8 Å². The predicted molar refractivity (Wildman–Crippen MR) is 66.5 cm³/mol. The molecule has 1 heterocycles. The first kappa shape index (κ1) is 12.4. The summed E-state index contributed by atoms with van der Waals surface area (Å²) in [7, 11) is -3.26. The number of nitrogens with two attached hydrogens (primary N) is 1. The number of nitrogen functional groups attached to an aromatic ring is 1. The van der Waals surface area contributed by atoms with E-state index in [1.165, 1.54) is 0 Å². The molecule has 4 nitrogen and oxygen atoms in total. The van der Waals surface area contributed by atoms with Crippen LogP contribution in [-0.2, 0) is 14.6 Å². The van der Waals surface area contributed by atoms with Gasteiger partial charge in [0.25, 0.3) is 0 Å². The van der Waals surface area contributed by atoms with Gasteiger partial charge in [-0.15, -0.1) is 0 Å². The molecule has 0 amide bonds. The maximum Gasteiger partial charge on any atom is 0.180 e. The zero-order chi connectivity index (χ0) is 12.5. The Morgan fingerprint density at radius 2 is 1.94 bits per heavy atom. The van der Waals surface area contributed by atoms with Gasteiger partial charge < -0.3 is 10.5 Å². The quantitative estimate of drug-likeness (QED) is 0.833. The third-order valence-corrected chi connectivity index (χ3v) is 4.77. The van der Waals surface area contributed by atoms with E-state index in [9.17, 15) is 8.42 Å². The van der Waals surface area contributed by atoms with Crippen molar-refractivity contribution in [3.05, 3.63) is 24.3 Å². The van der Waals surface area contributed by atoms with E-state index in [1.54, 1.807) is 24.3 Å². The molecule has 0 aromatic heterocycles. The van der Waals surface area contributed by atoms with E-state index in [4.69, 9.17) is 10.5 Å². The van der Waals surface area contributed by atoms with Crippen molar-refractivity contribution in [2.45, 2.75) is 36.9 Å². The largest absolute Gasteiger partial charge is 0.399 e. The molecule has 2 unspecified atom stereocenters. The van der Waals surface area contributed by atoms with Crippen LogP contribution in [0.4, 0.5) is 5.69 Å². The van der Waals surface area contributed by atoms with Gasteiger partial charge in [-0.2, -0.15) is 0 Å². The van der Waals surface area contributed by atoms with Crippen molar-refractivity contribution in [1.82, 2.24) is 0 Å². The highest BCUT2D eigenvalue weighted by atomic mass is 32.2. The predicted octanol–water partition coefficient (Wildman–Crippen LogP) is 1.61. The van der Waals surface area contributed by atoms with Crippen LogP contribution in [0.15, 0.2) is 29.2 Å². The summed E-state index contributed by atoms with van der Waals surface area (Å²) in [5, 5.41) is 0. The van der Waals surface area contributed by atoms with Crippen molar-refractivity contribution < 1.29 is 13.2 Å². The number of ether oxygens (including phenoxy) is 1. The summed E-state index contributed by atoms with van der Waals surface area (Å²) in [4.78, 5) is 0.315. The molecule has 0 aliphatic carbocycles. The summed E-state index contributed by atoms with van der Waals surface area (Å²) in [6.45, 7) is 1.97. The molecule has 17 heavy (non-hydrogen) atoms. The summed E-state index contributed by atoms with van der Waals surface area (Å²) < 4.78 is 29.7. The Balaban J connectivity index is 2.11. The van der Waals surface area contributed by atoms with Gasteiger partial charge in [-0.05, 0) is 44.0 Å². The fraction of sp³-hybridized carbons (Fsp3) is 0.500. The third-order valence-electron chi connectivity index (χ3n) is 2.96. The average Bonchev–Trinajstić information content (AvgIpc) is 2.63. The Hall–Kier alpha value is -1.07. The minimum absolute atomic E-state index is 0.0568. The van der Waals surface area contributed by atoms with Crippen molar-refractivity contribution in [2.75, 3.05) is 11.5 Å². The first-order valence-corrected chi connectivity index (χ1v) is 7.36. The van der Waals surface area contributed by atoms with Gasteiger partial charge >= 0.3 is 0 Å². The second-order valence-corrected chi connectivity index (χ2v) is 6.53. The van der Waals surface area contributed by atoms with Crippen molar-refractivity contribution in [1.29, 1.82) is 0 Å². The number of anilines is 1. The number of hydrogen-bond acceptors (Lipinski definition) is 4. The van der Waals surface area contributed by atoms with Crippen LogP contribution in [-0.4, -0.2) is 26.4 Å². The second kappa shape index (κ2) is 4.66. The molecule has 5 heteroatoms. The van der Waals surface area contributed by atoms with Crippen LogP contribution in [0, 0.1) is 0 Å². The lowest BCUT2D eigenvalue weighted by molar-refractivity contribution is 0.0690. The van der Waals surface area contributed by atoms with Crippen LogP contribution < -0.4 is 5.73 Å². The Labute approximate surface area is 102 Å². The lowest BCUT2D eigenvalue weighted by Gasteiger charge is -2.11. The van der Waals surface area contributed by atoms with Gasteiger partial charge in [0.15, 0.2) is 9.84 Å². The van der Waals surface area contributed by atoms with E-state index in [-0.39, 0.29) is 18.0 Å². The van der Waals surface area contributed by atoms with E-state index in [1.807, 2.05) is 6.92 Å². The van der Waals surface area contributed by atoms with E-state index in [0.29, 0.717) is 10.6 Å². The molecular weight excluding hydrogens is 238 g/mol. The summed E-state index contributed by atoms with van der Waals surface area (Å²) in [6, 6.07) is 6.29. The van der Waals surface area contributed by atoms with Crippen LogP contribution >= 0.6 is 0 Å². The number of hydrogen-bond donors (Lipinski definition) is 1. The highest BCUT2D eigenvalue weighted by Crippen LogP contribution is 2.23. The lowest BCUT2D eigenvalue weighted by atomic mass is 10.2. The molecule has 2 rings (SSSR count). The maximum absolute atomic E-state index is 12.1. The molecule has 1 fully saturated rings. The van der Waals surface area contributed by atoms with Crippen molar-refractivity contribution in [3.8, 4) is 0 Å². The first-order chi connectivity index (χ1) is 7.97. The molecule has 2 atom stereocenters. The van der Waals surface area contributed by atoms with E-state index < -0.39 is 9.84 Å². The van der Waals surface area contributed by atoms with Crippen LogP contribution in [0.3, 0.4) is 0 Å². The normalized spacial score (nSPS) is 25.0. The smallest absolute Gasteiger partial charge is 0.180 e.